The highest BCUT2D eigenvalue weighted by molar-refractivity contribution is 9.10. The topological polar surface area (TPSA) is 29.4 Å². The standard InChI is InChI=1S/C16H10BrNOS/c17-13-9-5-4-8-12(13)10-14-15(19)18-16(20-14)11-6-2-1-3-7-11/h1-10H/b14-10-. The molecule has 20 heavy (non-hydrogen) atoms. The molecule has 0 N–H and O–H groups in total. The van der Waals surface area contributed by atoms with Crippen LogP contribution in [0.5, 0.6) is 0 Å². The van der Waals surface area contributed by atoms with Crippen LogP contribution in [-0.2, 0) is 4.79 Å². The third kappa shape index (κ3) is 2.76. The molecule has 0 aromatic heterocycles. The molecule has 0 unspecified atom stereocenters. The van der Waals surface area contributed by atoms with Crippen LogP contribution in [-0.4, -0.2) is 11.0 Å². The Bertz CT molecular complexity index is 722. The van der Waals surface area contributed by atoms with Gasteiger partial charge in [0.05, 0.1) is 4.91 Å². The Morgan fingerprint density at radius 2 is 1.70 bits per heavy atom. The molecule has 1 aliphatic heterocycles. The van der Waals surface area contributed by atoms with Crippen LogP contribution >= 0.6 is 27.7 Å². The molecule has 1 heterocycles. The number of hydrogen-bond acceptors (Lipinski definition) is 2. The van der Waals surface area contributed by atoms with Crippen molar-refractivity contribution in [1.29, 1.82) is 0 Å². The van der Waals surface area contributed by atoms with Gasteiger partial charge in [-0.05, 0) is 17.7 Å². The molecule has 0 saturated carbocycles. The lowest BCUT2D eigenvalue weighted by molar-refractivity contribution is -0.113. The molecule has 0 radical (unpaired) electrons. The van der Waals surface area contributed by atoms with Gasteiger partial charge in [-0.3, -0.25) is 4.79 Å². The highest BCUT2D eigenvalue weighted by atomic mass is 79.9. The Labute approximate surface area is 129 Å². The first-order valence-electron chi connectivity index (χ1n) is 6.06. The normalized spacial score (nSPS) is 16.6. The van der Waals surface area contributed by atoms with Gasteiger partial charge in [-0.15, -0.1) is 0 Å². The second kappa shape index (κ2) is 5.77. The van der Waals surface area contributed by atoms with Gasteiger partial charge >= 0.3 is 0 Å². The first-order valence-corrected chi connectivity index (χ1v) is 7.67. The van der Waals surface area contributed by atoms with E-state index in [0.29, 0.717) is 4.91 Å². The molecular weight excluding hydrogens is 334 g/mol. The summed E-state index contributed by atoms with van der Waals surface area (Å²) in [5, 5.41) is 0.758. The van der Waals surface area contributed by atoms with E-state index in [-0.39, 0.29) is 5.91 Å². The quantitative estimate of drug-likeness (QED) is 0.750. The van der Waals surface area contributed by atoms with E-state index in [1.54, 1.807) is 0 Å². The van der Waals surface area contributed by atoms with Crippen molar-refractivity contribution in [2.45, 2.75) is 0 Å². The van der Waals surface area contributed by atoms with Crippen LogP contribution in [0.2, 0.25) is 0 Å². The van der Waals surface area contributed by atoms with Crippen LogP contribution < -0.4 is 0 Å². The molecule has 98 valence electrons. The van der Waals surface area contributed by atoms with Gasteiger partial charge in [-0.25, -0.2) is 4.99 Å². The molecule has 4 heteroatoms. The third-order valence-electron chi connectivity index (χ3n) is 2.83. The monoisotopic (exact) mass is 343 g/mol. The molecular formula is C16H10BrNOS. The number of hydrogen-bond donors (Lipinski definition) is 0. The summed E-state index contributed by atoms with van der Waals surface area (Å²) in [6, 6.07) is 17.6. The van der Waals surface area contributed by atoms with Gasteiger partial charge in [0, 0.05) is 10.0 Å². The van der Waals surface area contributed by atoms with Crippen molar-refractivity contribution in [2.24, 2.45) is 4.99 Å². The van der Waals surface area contributed by atoms with Crippen molar-refractivity contribution < 1.29 is 4.79 Å². The zero-order chi connectivity index (χ0) is 13.9. The van der Waals surface area contributed by atoms with Gasteiger partial charge in [-0.2, -0.15) is 0 Å². The van der Waals surface area contributed by atoms with E-state index in [1.165, 1.54) is 11.8 Å². The van der Waals surface area contributed by atoms with E-state index in [2.05, 4.69) is 20.9 Å². The van der Waals surface area contributed by atoms with Crippen molar-refractivity contribution in [3.63, 3.8) is 0 Å². The van der Waals surface area contributed by atoms with Crippen LogP contribution in [0.3, 0.4) is 0 Å². The zero-order valence-electron chi connectivity index (χ0n) is 10.4. The molecule has 1 amide bonds. The van der Waals surface area contributed by atoms with Crippen molar-refractivity contribution in [2.75, 3.05) is 0 Å². The van der Waals surface area contributed by atoms with Crippen molar-refractivity contribution >= 4 is 44.7 Å². The predicted molar refractivity (Wildman–Crippen MR) is 87.7 cm³/mol. The summed E-state index contributed by atoms with van der Waals surface area (Å²) in [5.74, 6) is -0.176. The number of rotatable bonds is 2. The molecule has 0 atom stereocenters. The predicted octanol–water partition coefficient (Wildman–Crippen LogP) is 4.51. The molecule has 0 aliphatic carbocycles. The van der Waals surface area contributed by atoms with Crippen LogP contribution in [0, 0.1) is 0 Å². The highest BCUT2D eigenvalue weighted by Crippen LogP contribution is 2.32. The molecule has 0 spiro atoms. The molecule has 3 rings (SSSR count). The summed E-state index contributed by atoms with van der Waals surface area (Å²) in [7, 11) is 0. The zero-order valence-corrected chi connectivity index (χ0v) is 12.8. The number of carbonyl (C=O) groups excluding carboxylic acids is 1. The minimum Gasteiger partial charge on any atom is -0.266 e. The van der Waals surface area contributed by atoms with E-state index < -0.39 is 0 Å². The van der Waals surface area contributed by atoms with Crippen molar-refractivity contribution in [1.82, 2.24) is 0 Å². The fourth-order valence-electron chi connectivity index (χ4n) is 1.85. The maximum Gasteiger partial charge on any atom is 0.284 e. The summed E-state index contributed by atoms with van der Waals surface area (Å²) >= 11 is 4.90. The minimum absolute atomic E-state index is 0.176. The lowest BCUT2D eigenvalue weighted by Crippen LogP contribution is -1.89. The number of halogens is 1. The lowest BCUT2D eigenvalue weighted by atomic mass is 10.2. The van der Waals surface area contributed by atoms with Gasteiger partial charge in [0.1, 0.15) is 5.04 Å². The fraction of sp³-hybridized carbons (Fsp3) is 0. The molecule has 0 saturated heterocycles. The summed E-state index contributed by atoms with van der Waals surface area (Å²) in [6.07, 6.45) is 1.87. The van der Waals surface area contributed by atoms with E-state index in [1.807, 2.05) is 60.7 Å². The second-order valence-electron chi connectivity index (χ2n) is 4.22. The number of nitrogens with zero attached hydrogens (tertiary/aromatic N) is 1. The van der Waals surface area contributed by atoms with Crippen LogP contribution in [0.1, 0.15) is 11.1 Å². The second-order valence-corrected chi connectivity index (χ2v) is 6.11. The Morgan fingerprint density at radius 3 is 2.45 bits per heavy atom. The number of carbonyl (C=O) groups is 1. The number of benzene rings is 2. The first-order chi connectivity index (χ1) is 9.74. The minimum atomic E-state index is -0.176. The molecule has 0 bridgehead atoms. The Morgan fingerprint density at radius 1 is 1.00 bits per heavy atom. The van der Waals surface area contributed by atoms with Gasteiger partial charge in [-0.1, -0.05) is 76.2 Å². The van der Waals surface area contributed by atoms with E-state index in [9.17, 15) is 4.79 Å². The van der Waals surface area contributed by atoms with E-state index in [4.69, 9.17) is 0 Å². The Balaban J connectivity index is 1.90. The number of aliphatic imine (C=N–C) groups is 1. The third-order valence-corrected chi connectivity index (χ3v) is 4.59. The summed E-state index contributed by atoms with van der Waals surface area (Å²) < 4.78 is 0.967. The fourth-order valence-corrected chi connectivity index (χ4v) is 3.16. The summed E-state index contributed by atoms with van der Waals surface area (Å²) in [5.41, 5.74) is 1.95. The first kappa shape index (κ1) is 13.3. The summed E-state index contributed by atoms with van der Waals surface area (Å²) in [4.78, 5) is 16.8. The van der Waals surface area contributed by atoms with Crippen molar-refractivity contribution in [3.05, 3.63) is 75.1 Å². The van der Waals surface area contributed by atoms with E-state index >= 15 is 0 Å². The van der Waals surface area contributed by atoms with Gasteiger partial charge in [0.15, 0.2) is 0 Å². The maximum atomic E-state index is 12.0. The molecule has 2 nitrogen and oxygen atoms in total. The molecule has 0 fully saturated rings. The smallest absolute Gasteiger partial charge is 0.266 e. The highest BCUT2D eigenvalue weighted by Gasteiger charge is 2.22. The molecule has 2 aromatic carbocycles. The van der Waals surface area contributed by atoms with E-state index in [0.717, 1.165) is 20.6 Å². The van der Waals surface area contributed by atoms with Crippen LogP contribution in [0.4, 0.5) is 0 Å². The summed E-state index contributed by atoms with van der Waals surface area (Å²) in [6.45, 7) is 0. The van der Waals surface area contributed by atoms with Gasteiger partial charge in [0.25, 0.3) is 5.91 Å². The van der Waals surface area contributed by atoms with Gasteiger partial charge in [0.2, 0.25) is 0 Å². The van der Waals surface area contributed by atoms with Crippen LogP contribution in [0.15, 0.2) is 69.0 Å². The average molecular weight is 344 g/mol. The number of thioether (sulfide) groups is 1. The van der Waals surface area contributed by atoms with Crippen LogP contribution in [0.25, 0.3) is 6.08 Å². The lowest BCUT2D eigenvalue weighted by Gasteiger charge is -2.00. The molecule has 2 aromatic rings. The average Bonchev–Trinajstić information content (AvgIpc) is 2.84. The maximum absolute atomic E-state index is 12.0. The SMILES string of the molecule is O=C1N=C(c2ccccc2)S/C1=C\c1ccccc1Br. The Hall–Kier alpha value is -1.65. The Kier molecular flexibility index (Phi) is 3.85. The molecule has 1 aliphatic rings. The van der Waals surface area contributed by atoms with Crippen molar-refractivity contribution in [3.8, 4) is 0 Å². The van der Waals surface area contributed by atoms with Gasteiger partial charge < -0.3 is 0 Å². The largest absolute Gasteiger partial charge is 0.284 e. The number of amides is 1.